The third-order valence-electron chi connectivity index (χ3n) is 1.60. The van der Waals surface area contributed by atoms with Crippen LogP contribution >= 0.6 is 0 Å². The zero-order valence-corrected chi connectivity index (χ0v) is 9.82. The van der Waals surface area contributed by atoms with Crippen molar-refractivity contribution in [3.63, 3.8) is 0 Å². The third kappa shape index (κ3) is 15.9. The molecule has 0 radical (unpaired) electrons. The van der Waals surface area contributed by atoms with Crippen molar-refractivity contribution in [2.45, 2.75) is 45.8 Å². The molecule has 0 amide bonds. The van der Waals surface area contributed by atoms with Crippen molar-refractivity contribution >= 4 is 5.97 Å². The van der Waals surface area contributed by atoms with Crippen molar-refractivity contribution in [2.75, 3.05) is 7.11 Å². The average molecular weight is 218 g/mol. The van der Waals surface area contributed by atoms with E-state index in [1.165, 1.54) is 7.11 Å². The first-order valence-corrected chi connectivity index (χ1v) is 5.05. The summed E-state index contributed by atoms with van der Waals surface area (Å²) in [6, 6.07) is 0. The first-order valence-electron chi connectivity index (χ1n) is 5.05. The minimum Gasteiger partial charge on any atom is -0.466 e. The lowest BCUT2D eigenvalue weighted by Crippen LogP contribution is -2.02. The number of rotatable bonds is 5. The summed E-state index contributed by atoms with van der Waals surface area (Å²) in [7, 11) is 1.33. The minimum atomic E-state index is -1.10. The van der Waals surface area contributed by atoms with Gasteiger partial charge in [-0.05, 0) is 19.8 Å². The van der Waals surface area contributed by atoms with E-state index in [2.05, 4.69) is 18.2 Å². The topological polar surface area (TPSA) is 66.8 Å². The van der Waals surface area contributed by atoms with Crippen molar-refractivity contribution in [1.82, 2.24) is 0 Å². The molecule has 0 aliphatic carbocycles. The van der Waals surface area contributed by atoms with Gasteiger partial charge in [-0.15, -0.1) is 0 Å². The maximum Gasteiger partial charge on any atom is 0.332 e. The number of unbranched alkanes of at least 4 members (excludes halogenated alkanes) is 2. The van der Waals surface area contributed by atoms with E-state index in [1.807, 2.05) is 0 Å². The van der Waals surface area contributed by atoms with Crippen LogP contribution in [0.15, 0.2) is 12.2 Å². The van der Waals surface area contributed by atoms with Crippen LogP contribution in [0.5, 0.6) is 0 Å². The summed E-state index contributed by atoms with van der Waals surface area (Å²) in [6.45, 7) is 7.04. The number of methoxy groups -OCH3 is 1. The number of hydrogen-bond acceptors (Lipinski definition) is 4. The van der Waals surface area contributed by atoms with E-state index in [9.17, 15) is 4.79 Å². The van der Waals surface area contributed by atoms with Crippen LogP contribution in [0, 0.1) is 0 Å². The van der Waals surface area contributed by atoms with E-state index >= 15 is 0 Å². The van der Waals surface area contributed by atoms with Crippen LogP contribution in [0.2, 0.25) is 0 Å². The first-order chi connectivity index (χ1) is 6.95. The minimum absolute atomic E-state index is 0.347. The summed E-state index contributed by atoms with van der Waals surface area (Å²) in [5.74, 6) is -0.347. The molecule has 0 heterocycles. The van der Waals surface area contributed by atoms with E-state index in [-0.39, 0.29) is 5.97 Å². The number of esters is 1. The second-order valence-corrected chi connectivity index (χ2v) is 3.25. The Morgan fingerprint density at radius 2 is 1.93 bits per heavy atom. The van der Waals surface area contributed by atoms with Gasteiger partial charge in [-0.1, -0.05) is 26.3 Å². The number of carbonyl (C=O) groups excluding carboxylic acids is 1. The Labute approximate surface area is 91.6 Å². The lowest BCUT2D eigenvalue weighted by molar-refractivity contribution is -0.136. The largest absolute Gasteiger partial charge is 0.466 e. The molecule has 0 saturated carbocycles. The van der Waals surface area contributed by atoms with Gasteiger partial charge in [-0.25, -0.2) is 4.79 Å². The molecule has 0 spiro atoms. The van der Waals surface area contributed by atoms with Gasteiger partial charge < -0.3 is 14.9 Å². The van der Waals surface area contributed by atoms with Gasteiger partial charge in [0.1, 0.15) is 0 Å². The van der Waals surface area contributed by atoms with E-state index in [0.717, 1.165) is 19.3 Å². The van der Waals surface area contributed by atoms with E-state index in [1.54, 1.807) is 6.92 Å². The van der Waals surface area contributed by atoms with Crippen LogP contribution in [-0.4, -0.2) is 29.6 Å². The molecule has 0 rings (SSSR count). The van der Waals surface area contributed by atoms with Crippen molar-refractivity contribution in [3.8, 4) is 0 Å². The Hall–Kier alpha value is -0.870. The molecular weight excluding hydrogens is 196 g/mol. The highest BCUT2D eigenvalue weighted by molar-refractivity contribution is 5.86. The number of aliphatic hydroxyl groups excluding tert-OH is 1. The van der Waals surface area contributed by atoms with Gasteiger partial charge in [0.15, 0.2) is 6.29 Å². The van der Waals surface area contributed by atoms with Crippen LogP contribution in [0.4, 0.5) is 0 Å². The Morgan fingerprint density at radius 1 is 1.40 bits per heavy atom. The normalized spacial score (nSPS) is 9.20. The molecule has 0 aliphatic heterocycles. The predicted molar refractivity (Wildman–Crippen MR) is 59.2 cm³/mol. The molecule has 15 heavy (non-hydrogen) atoms. The fraction of sp³-hybridized carbons (Fsp3) is 0.727. The molecule has 0 bridgehead atoms. The molecule has 4 nitrogen and oxygen atoms in total. The maximum atomic E-state index is 10.2. The molecule has 0 fully saturated rings. The monoisotopic (exact) mass is 218 g/mol. The maximum absolute atomic E-state index is 10.2. The summed E-state index contributed by atoms with van der Waals surface area (Å²) in [5.41, 5.74) is 0.433. The van der Waals surface area contributed by atoms with E-state index < -0.39 is 6.29 Å². The summed E-state index contributed by atoms with van der Waals surface area (Å²) < 4.78 is 4.27. The van der Waals surface area contributed by atoms with Crippen LogP contribution in [0.3, 0.4) is 0 Å². The zero-order valence-electron chi connectivity index (χ0n) is 9.82. The molecule has 0 aromatic heterocycles. The van der Waals surface area contributed by atoms with E-state index in [0.29, 0.717) is 12.0 Å². The van der Waals surface area contributed by atoms with Gasteiger partial charge in [-0.3, -0.25) is 0 Å². The second kappa shape index (κ2) is 11.2. The molecule has 0 aromatic carbocycles. The standard InChI is InChI=1S/C6H14O2.C5H8O2/c1-2-3-4-5-6(7)8;1-4(2)5(6)7-3/h6-8H,2-5H2,1H3;1H2,2-3H3. The number of ether oxygens (including phenoxy) is 1. The van der Waals surface area contributed by atoms with Crippen molar-refractivity contribution in [2.24, 2.45) is 0 Å². The lowest BCUT2D eigenvalue weighted by atomic mass is 10.2. The highest BCUT2D eigenvalue weighted by Crippen LogP contribution is 1.99. The molecule has 2 N–H and O–H groups in total. The summed E-state index contributed by atoms with van der Waals surface area (Å²) in [5, 5.41) is 16.7. The quantitative estimate of drug-likeness (QED) is 0.318. The van der Waals surface area contributed by atoms with Gasteiger partial charge in [0.25, 0.3) is 0 Å². The molecular formula is C11H22O4. The summed E-state index contributed by atoms with van der Waals surface area (Å²) in [6.07, 6.45) is 2.58. The number of aliphatic hydroxyl groups is 2. The smallest absolute Gasteiger partial charge is 0.332 e. The zero-order chi connectivity index (χ0) is 12.3. The molecule has 0 unspecified atom stereocenters. The van der Waals surface area contributed by atoms with Gasteiger partial charge in [0.05, 0.1) is 7.11 Å². The summed E-state index contributed by atoms with van der Waals surface area (Å²) in [4.78, 5) is 10.2. The van der Waals surface area contributed by atoms with Crippen LogP contribution < -0.4 is 0 Å². The van der Waals surface area contributed by atoms with Crippen molar-refractivity contribution in [1.29, 1.82) is 0 Å². The third-order valence-corrected chi connectivity index (χ3v) is 1.60. The second-order valence-electron chi connectivity index (χ2n) is 3.25. The van der Waals surface area contributed by atoms with Gasteiger partial charge in [-0.2, -0.15) is 0 Å². The number of hydrogen-bond donors (Lipinski definition) is 2. The molecule has 0 saturated heterocycles. The van der Waals surface area contributed by atoms with Crippen molar-refractivity contribution in [3.05, 3.63) is 12.2 Å². The molecule has 4 heteroatoms. The molecule has 0 aliphatic rings. The average Bonchev–Trinajstić information content (AvgIpc) is 2.17. The Bertz CT molecular complexity index is 175. The van der Waals surface area contributed by atoms with Gasteiger partial charge in [0, 0.05) is 5.57 Å². The fourth-order valence-electron chi connectivity index (χ4n) is 0.751. The Balaban J connectivity index is 0. The SMILES string of the molecule is C=C(C)C(=O)OC.CCCCCC(O)O. The highest BCUT2D eigenvalue weighted by Gasteiger charge is 1.95. The fourth-order valence-corrected chi connectivity index (χ4v) is 0.751. The first kappa shape index (κ1) is 16.6. The van der Waals surface area contributed by atoms with E-state index in [4.69, 9.17) is 10.2 Å². The molecule has 0 atom stereocenters. The van der Waals surface area contributed by atoms with Crippen molar-refractivity contribution < 1.29 is 19.7 Å². The van der Waals surface area contributed by atoms with Crippen LogP contribution in [0.1, 0.15) is 39.5 Å². The lowest BCUT2D eigenvalue weighted by Gasteiger charge is -1.99. The predicted octanol–water partition coefficient (Wildman–Crippen LogP) is 1.61. The van der Waals surface area contributed by atoms with Crippen LogP contribution in [0.25, 0.3) is 0 Å². The molecule has 0 aromatic rings. The highest BCUT2D eigenvalue weighted by atomic mass is 16.5. The Kier molecular flexibility index (Phi) is 12.4. The van der Waals surface area contributed by atoms with Crippen LogP contribution in [-0.2, 0) is 9.53 Å². The molecule has 90 valence electrons. The van der Waals surface area contributed by atoms with Gasteiger partial charge in [0.2, 0.25) is 0 Å². The van der Waals surface area contributed by atoms with Gasteiger partial charge >= 0.3 is 5.97 Å². The number of carbonyl (C=O) groups is 1. The Morgan fingerprint density at radius 3 is 2.13 bits per heavy atom. The summed E-state index contributed by atoms with van der Waals surface area (Å²) >= 11 is 0.